The molecular formula is C23H26N4O3. The van der Waals surface area contributed by atoms with E-state index in [1.54, 1.807) is 0 Å². The van der Waals surface area contributed by atoms with Crippen molar-refractivity contribution >= 4 is 28.2 Å². The van der Waals surface area contributed by atoms with Gasteiger partial charge in [-0.3, -0.25) is 9.69 Å². The molecule has 1 saturated heterocycles. The van der Waals surface area contributed by atoms with Gasteiger partial charge in [0, 0.05) is 66.8 Å². The number of fused-ring (bicyclic) bond motifs is 2. The van der Waals surface area contributed by atoms with Crippen LogP contribution in [0.4, 0.5) is 11.4 Å². The number of ether oxygens (including phenoxy) is 1. The summed E-state index contributed by atoms with van der Waals surface area (Å²) in [6.45, 7) is 4.35. The molecule has 30 heavy (non-hydrogen) atoms. The molecule has 2 aliphatic rings. The molecule has 2 aliphatic heterocycles. The number of aliphatic hydroxyl groups is 1. The largest absolute Gasteiger partial charge is 0.490 e. The maximum absolute atomic E-state index is 11.8. The van der Waals surface area contributed by atoms with Crippen LogP contribution >= 0.6 is 0 Å². The number of carbonyl (C=O) groups is 1. The number of β-amino-alcohol motifs (C(OH)–C–C–N with tert-alkyl or cyclic N) is 1. The Morgan fingerprint density at radius 3 is 2.77 bits per heavy atom. The minimum atomic E-state index is -0.548. The fourth-order valence-electron chi connectivity index (χ4n) is 4.42. The lowest BCUT2D eigenvalue weighted by Crippen LogP contribution is -2.49. The molecule has 0 spiro atoms. The van der Waals surface area contributed by atoms with E-state index in [1.165, 1.54) is 0 Å². The maximum Gasteiger partial charge on any atom is 0.228 e. The number of nitrogens with zero attached hydrogens (tertiary/aromatic N) is 2. The molecule has 0 bridgehead atoms. The number of hydrogen-bond donors (Lipinski definition) is 3. The highest BCUT2D eigenvalue weighted by Gasteiger charge is 2.26. The van der Waals surface area contributed by atoms with Gasteiger partial charge in [-0.1, -0.05) is 12.1 Å². The summed E-state index contributed by atoms with van der Waals surface area (Å²) in [5, 5.41) is 14.4. The van der Waals surface area contributed by atoms with Gasteiger partial charge in [-0.05, 0) is 30.3 Å². The van der Waals surface area contributed by atoms with Crippen molar-refractivity contribution in [3.63, 3.8) is 0 Å². The zero-order chi connectivity index (χ0) is 20.5. The Labute approximate surface area is 175 Å². The van der Waals surface area contributed by atoms with E-state index in [0.29, 0.717) is 13.0 Å². The zero-order valence-electron chi connectivity index (χ0n) is 16.8. The second-order valence-corrected chi connectivity index (χ2v) is 7.98. The SMILES string of the molecule is O=C1Cc2c(cccc2N2CCN(CC(O)COc3cccc4[nH]ccc34)CC2)N1. The fourth-order valence-corrected chi connectivity index (χ4v) is 4.42. The predicted molar refractivity (Wildman–Crippen MR) is 117 cm³/mol. The van der Waals surface area contributed by atoms with Crippen molar-refractivity contribution in [3.8, 4) is 5.75 Å². The van der Waals surface area contributed by atoms with Crippen molar-refractivity contribution in [3.05, 3.63) is 54.2 Å². The van der Waals surface area contributed by atoms with Gasteiger partial charge < -0.3 is 25.0 Å². The number of hydrogen-bond acceptors (Lipinski definition) is 5. The van der Waals surface area contributed by atoms with Gasteiger partial charge in [0.15, 0.2) is 0 Å². The van der Waals surface area contributed by atoms with Crippen LogP contribution < -0.4 is 15.0 Å². The first-order chi connectivity index (χ1) is 14.7. The van der Waals surface area contributed by atoms with Crippen LogP contribution in [0.5, 0.6) is 5.75 Å². The molecule has 3 N–H and O–H groups in total. The standard InChI is InChI=1S/C23H26N4O3/c28-16(15-30-22-6-2-3-19-17(22)7-8-24-19)14-26-9-11-27(12-10-26)21-5-1-4-20-18(21)13-23(29)25-20/h1-8,16,24,28H,9-15H2,(H,25,29). The molecule has 1 amide bonds. The zero-order valence-corrected chi connectivity index (χ0v) is 16.8. The topological polar surface area (TPSA) is 80.8 Å². The third-order valence-corrected chi connectivity index (χ3v) is 5.93. The number of piperazine rings is 1. The second kappa shape index (κ2) is 8.01. The van der Waals surface area contributed by atoms with Crippen LogP contribution in [-0.4, -0.2) is 66.3 Å². The van der Waals surface area contributed by atoms with E-state index in [4.69, 9.17) is 4.74 Å². The summed E-state index contributed by atoms with van der Waals surface area (Å²) in [4.78, 5) is 19.5. The minimum Gasteiger partial charge on any atom is -0.490 e. The smallest absolute Gasteiger partial charge is 0.228 e. The van der Waals surface area contributed by atoms with Crippen molar-refractivity contribution in [2.24, 2.45) is 0 Å². The first-order valence-electron chi connectivity index (χ1n) is 10.4. The molecular weight excluding hydrogens is 380 g/mol. The number of aliphatic hydroxyl groups excluding tert-OH is 1. The summed E-state index contributed by atoms with van der Waals surface area (Å²) in [5.41, 5.74) is 4.21. The van der Waals surface area contributed by atoms with Crippen molar-refractivity contribution < 1.29 is 14.6 Å². The number of rotatable bonds is 6. The van der Waals surface area contributed by atoms with E-state index in [0.717, 1.165) is 59.8 Å². The Kier molecular flexibility index (Phi) is 5.06. The molecule has 7 heteroatoms. The number of aromatic amines is 1. The van der Waals surface area contributed by atoms with E-state index in [1.807, 2.05) is 42.6 Å². The highest BCUT2D eigenvalue weighted by molar-refractivity contribution is 6.01. The lowest BCUT2D eigenvalue weighted by atomic mass is 10.1. The molecule has 3 heterocycles. The van der Waals surface area contributed by atoms with Crippen molar-refractivity contribution in [1.82, 2.24) is 9.88 Å². The number of carbonyl (C=O) groups excluding carboxylic acids is 1. The number of benzene rings is 2. The minimum absolute atomic E-state index is 0.0644. The van der Waals surface area contributed by atoms with Gasteiger partial charge in [-0.15, -0.1) is 0 Å². The van der Waals surface area contributed by atoms with Gasteiger partial charge in [0.05, 0.1) is 6.42 Å². The Morgan fingerprint density at radius 1 is 1.07 bits per heavy atom. The van der Waals surface area contributed by atoms with E-state index < -0.39 is 6.10 Å². The van der Waals surface area contributed by atoms with Gasteiger partial charge >= 0.3 is 0 Å². The van der Waals surface area contributed by atoms with E-state index in [2.05, 4.69) is 26.2 Å². The van der Waals surface area contributed by atoms with Crippen LogP contribution in [0, 0.1) is 0 Å². The van der Waals surface area contributed by atoms with Crippen LogP contribution in [0.2, 0.25) is 0 Å². The number of aromatic nitrogens is 1. The van der Waals surface area contributed by atoms with Crippen LogP contribution in [0.25, 0.3) is 10.9 Å². The molecule has 1 atom stereocenters. The molecule has 0 saturated carbocycles. The highest BCUT2D eigenvalue weighted by atomic mass is 16.5. The highest BCUT2D eigenvalue weighted by Crippen LogP contribution is 2.32. The van der Waals surface area contributed by atoms with Crippen LogP contribution in [0.3, 0.4) is 0 Å². The first-order valence-corrected chi connectivity index (χ1v) is 10.4. The van der Waals surface area contributed by atoms with Gasteiger partial charge in [-0.25, -0.2) is 0 Å². The summed E-state index contributed by atoms with van der Waals surface area (Å²) < 4.78 is 5.89. The summed E-state index contributed by atoms with van der Waals surface area (Å²) in [5.74, 6) is 0.855. The molecule has 5 rings (SSSR count). The monoisotopic (exact) mass is 406 g/mol. The molecule has 0 radical (unpaired) electrons. The molecule has 1 fully saturated rings. The van der Waals surface area contributed by atoms with Crippen molar-refractivity contribution in [1.29, 1.82) is 0 Å². The predicted octanol–water partition coefficient (Wildman–Crippen LogP) is 2.22. The maximum atomic E-state index is 11.8. The third-order valence-electron chi connectivity index (χ3n) is 5.93. The Hall–Kier alpha value is -3.03. The molecule has 1 aromatic heterocycles. The Morgan fingerprint density at radius 2 is 1.90 bits per heavy atom. The second-order valence-electron chi connectivity index (χ2n) is 7.98. The van der Waals surface area contributed by atoms with E-state index in [9.17, 15) is 9.90 Å². The quantitative estimate of drug-likeness (QED) is 0.585. The average Bonchev–Trinajstić information content (AvgIpc) is 3.38. The fraction of sp³-hybridized carbons (Fsp3) is 0.348. The summed E-state index contributed by atoms with van der Waals surface area (Å²) in [7, 11) is 0. The number of H-pyrrole nitrogens is 1. The number of nitrogens with one attached hydrogen (secondary N) is 2. The van der Waals surface area contributed by atoms with Gasteiger partial charge in [0.1, 0.15) is 18.5 Å². The number of anilines is 2. The molecule has 1 unspecified atom stereocenters. The van der Waals surface area contributed by atoms with E-state index >= 15 is 0 Å². The molecule has 7 nitrogen and oxygen atoms in total. The average molecular weight is 406 g/mol. The summed E-state index contributed by atoms with van der Waals surface area (Å²) in [6.07, 6.45) is 1.80. The van der Waals surface area contributed by atoms with E-state index in [-0.39, 0.29) is 12.5 Å². The van der Waals surface area contributed by atoms with Gasteiger partial charge in [0.25, 0.3) is 0 Å². The summed E-state index contributed by atoms with van der Waals surface area (Å²) >= 11 is 0. The van der Waals surface area contributed by atoms with Crippen molar-refractivity contribution in [2.45, 2.75) is 12.5 Å². The first kappa shape index (κ1) is 19.0. The van der Waals surface area contributed by atoms with Crippen LogP contribution in [-0.2, 0) is 11.2 Å². The Bertz CT molecular complexity index is 1060. The van der Waals surface area contributed by atoms with Gasteiger partial charge in [0.2, 0.25) is 5.91 Å². The molecule has 0 aliphatic carbocycles. The Balaban J connectivity index is 1.14. The number of amides is 1. The third kappa shape index (κ3) is 3.74. The summed E-state index contributed by atoms with van der Waals surface area (Å²) in [6, 6.07) is 13.9. The molecule has 3 aromatic rings. The van der Waals surface area contributed by atoms with Crippen molar-refractivity contribution in [2.75, 3.05) is 49.5 Å². The lowest BCUT2D eigenvalue weighted by Gasteiger charge is -2.37. The normalized spacial score (nSPS) is 17.8. The van der Waals surface area contributed by atoms with Gasteiger partial charge in [-0.2, -0.15) is 0 Å². The lowest BCUT2D eigenvalue weighted by molar-refractivity contribution is -0.115. The van der Waals surface area contributed by atoms with Crippen LogP contribution in [0.1, 0.15) is 5.56 Å². The van der Waals surface area contributed by atoms with Crippen LogP contribution in [0.15, 0.2) is 48.7 Å². The molecule has 156 valence electrons. The molecule has 2 aromatic carbocycles.